The number of amides is 2. The summed E-state index contributed by atoms with van der Waals surface area (Å²) in [5.41, 5.74) is 0. The molecule has 0 aromatic carbocycles. The summed E-state index contributed by atoms with van der Waals surface area (Å²) in [6.45, 7) is 2.97. The molecule has 0 saturated heterocycles. The van der Waals surface area contributed by atoms with Crippen molar-refractivity contribution in [2.24, 2.45) is 0 Å². The number of pyridine rings is 1. The minimum Gasteiger partial charge on any atom is -0.350 e. The van der Waals surface area contributed by atoms with E-state index >= 15 is 0 Å². The van der Waals surface area contributed by atoms with E-state index in [2.05, 4.69) is 10.3 Å². The molecule has 0 saturated carbocycles. The minimum atomic E-state index is -0.142. The number of hydrogen-bond donors (Lipinski definition) is 1. The Hall–Kier alpha value is -1.86. The summed E-state index contributed by atoms with van der Waals surface area (Å²) in [5, 5.41) is 5.61. The van der Waals surface area contributed by atoms with Gasteiger partial charge in [0, 0.05) is 17.6 Å². The predicted octanol–water partition coefficient (Wildman–Crippen LogP) is 2.40. The lowest BCUT2D eigenvalue weighted by molar-refractivity contribution is -0.133. The van der Waals surface area contributed by atoms with Crippen LogP contribution in [0, 0.1) is 0 Å². The zero-order valence-corrected chi connectivity index (χ0v) is 14.5. The van der Waals surface area contributed by atoms with Crippen LogP contribution in [0.1, 0.15) is 11.8 Å². The quantitative estimate of drug-likeness (QED) is 0.744. The summed E-state index contributed by atoms with van der Waals surface area (Å²) >= 11 is 2.97. The minimum absolute atomic E-state index is 0.0607. The first-order valence-electron chi connectivity index (χ1n) is 7.29. The molecule has 2 aromatic rings. The van der Waals surface area contributed by atoms with Gasteiger partial charge >= 0.3 is 0 Å². The number of hydrogen-bond acceptors (Lipinski definition) is 5. The van der Waals surface area contributed by atoms with E-state index in [9.17, 15) is 9.59 Å². The second-order valence-corrected chi connectivity index (χ2v) is 6.75. The van der Waals surface area contributed by atoms with Gasteiger partial charge in [-0.25, -0.2) is 4.98 Å². The monoisotopic (exact) mass is 349 g/mol. The number of thioether (sulfide) groups is 1. The van der Waals surface area contributed by atoms with Crippen molar-refractivity contribution >= 4 is 34.9 Å². The number of likely N-dealkylation sites (N-methyl/N-ethyl adjacent to an activating group) is 1. The summed E-state index contributed by atoms with van der Waals surface area (Å²) in [5.74, 6) is 0.0779. The van der Waals surface area contributed by atoms with Crippen molar-refractivity contribution in [1.82, 2.24) is 15.2 Å². The van der Waals surface area contributed by atoms with Crippen LogP contribution in [0.3, 0.4) is 0 Å². The van der Waals surface area contributed by atoms with E-state index in [0.717, 1.165) is 9.90 Å². The van der Waals surface area contributed by atoms with Gasteiger partial charge in [-0.15, -0.1) is 11.3 Å². The second-order valence-electron chi connectivity index (χ2n) is 4.72. The zero-order chi connectivity index (χ0) is 16.5. The molecule has 122 valence electrons. The van der Waals surface area contributed by atoms with Crippen molar-refractivity contribution in [3.63, 3.8) is 0 Å². The second kappa shape index (κ2) is 9.32. The lowest BCUT2D eigenvalue weighted by Crippen LogP contribution is -2.41. The van der Waals surface area contributed by atoms with Gasteiger partial charge in [-0.05, 0) is 30.5 Å². The van der Waals surface area contributed by atoms with Crippen LogP contribution in [0.4, 0.5) is 0 Å². The molecular weight excluding hydrogens is 330 g/mol. The fraction of sp³-hybridized carbons (Fsp3) is 0.312. The van der Waals surface area contributed by atoms with E-state index in [1.54, 1.807) is 22.4 Å². The number of rotatable bonds is 8. The first-order valence-corrected chi connectivity index (χ1v) is 9.16. The Morgan fingerprint density at radius 1 is 1.30 bits per heavy atom. The number of thiophene rings is 1. The third-order valence-corrected chi connectivity index (χ3v) is 4.89. The highest BCUT2D eigenvalue weighted by Gasteiger charge is 2.15. The molecule has 0 radical (unpaired) electrons. The SMILES string of the molecule is CCN(CC(=O)NCc1cccs1)C(=O)CSc1ccccn1. The number of aromatic nitrogens is 1. The van der Waals surface area contributed by atoms with Crippen molar-refractivity contribution in [2.75, 3.05) is 18.8 Å². The maximum absolute atomic E-state index is 12.2. The Morgan fingerprint density at radius 3 is 2.83 bits per heavy atom. The van der Waals surface area contributed by atoms with Crippen LogP contribution < -0.4 is 5.32 Å². The molecule has 7 heteroatoms. The standard InChI is InChI=1S/C16H19N3O2S2/c1-2-19(11-14(20)18-10-13-6-5-9-22-13)16(21)12-23-15-7-3-4-8-17-15/h3-9H,2,10-12H2,1H3,(H,18,20). The largest absolute Gasteiger partial charge is 0.350 e. The molecule has 0 aliphatic carbocycles. The Bertz CT molecular complexity index is 618. The normalized spacial score (nSPS) is 10.3. The van der Waals surface area contributed by atoms with Gasteiger partial charge in [-0.3, -0.25) is 9.59 Å². The van der Waals surface area contributed by atoms with Crippen molar-refractivity contribution in [2.45, 2.75) is 18.5 Å². The maximum atomic E-state index is 12.2. The molecule has 5 nitrogen and oxygen atoms in total. The molecule has 0 aliphatic heterocycles. The lowest BCUT2D eigenvalue weighted by Gasteiger charge is -2.20. The smallest absolute Gasteiger partial charge is 0.239 e. The fourth-order valence-electron chi connectivity index (χ4n) is 1.86. The number of nitrogens with one attached hydrogen (secondary N) is 1. The average Bonchev–Trinajstić information content (AvgIpc) is 3.10. The predicted molar refractivity (Wildman–Crippen MR) is 93.4 cm³/mol. The molecule has 0 atom stereocenters. The summed E-state index contributed by atoms with van der Waals surface area (Å²) in [6, 6.07) is 9.50. The van der Waals surface area contributed by atoms with E-state index in [0.29, 0.717) is 13.1 Å². The number of nitrogens with zero attached hydrogens (tertiary/aromatic N) is 2. The van der Waals surface area contributed by atoms with Crippen molar-refractivity contribution in [1.29, 1.82) is 0 Å². The zero-order valence-electron chi connectivity index (χ0n) is 12.9. The molecule has 0 unspecified atom stereocenters. The summed E-state index contributed by atoms with van der Waals surface area (Å²) in [4.78, 5) is 31.0. The third-order valence-electron chi connectivity index (χ3n) is 3.09. The maximum Gasteiger partial charge on any atom is 0.239 e. The highest BCUT2D eigenvalue weighted by atomic mass is 32.2. The molecule has 2 amide bonds. The number of carbonyl (C=O) groups excluding carboxylic acids is 2. The van der Waals surface area contributed by atoms with Crippen molar-refractivity contribution in [3.8, 4) is 0 Å². The lowest BCUT2D eigenvalue weighted by atomic mass is 10.4. The van der Waals surface area contributed by atoms with Gasteiger partial charge in [-0.2, -0.15) is 0 Å². The van der Waals surface area contributed by atoms with Crippen LogP contribution >= 0.6 is 23.1 Å². The van der Waals surface area contributed by atoms with Crippen LogP contribution in [-0.2, 0) is 16.1 Å². The van der Waals surface area contributed by atoms with E-state index in [1.807, 2.05) is 42.6 Å². The molecule has 0 fully saturated rings. The van der Waals surface area contributed by atoms with Crippen LogP contribution in [0.15, 0.2) is 46.9 Å². The fourth-order valence-corrected chi connectivity index (χ4v) is 3.27. The molecule has 2 heterocycles. The molecule has 0 spiro atoms. The van der Waals surface area contributed by atoms with E-state index in [1.165, 1.54) is 11.8 Å². The molecule has 2 rings (SSSR count). The van der Waals surface area contributed by atoms with Gasteiger partial charge in [0.05, 0.1) is 23.9 Å². The summed E-state index contributed by atoms with van der Waals surface area (Å²) < 4.78 is 0. The number of carbonyl (C=O) groups is 2. The van der Waals surface area contributed by atoms with Gasteiger partial charge in [0.25, 0.3) is 0 Å². The summed E-state index contributed by atoms with van der Waals surface area (Å²) in [7, 11) is 0. The van der Waals surface area contributed by atoms with Crippen LogP contribution in [-0.4, -0.2) is 40.5 Å². The topological polar surface area (TPSA) is 62.3 Å². The Morgan fingerprint density at radius 2 is 2.17 bits per heavy atom. The third kappa shape index (κ3) is 6.03. The summed E-state index contributed by atoms with van der Waals surface area (Å²) in [6.07, 6.45) is 1.70. The van der Waals surface area contributed by atoms with Gasteiger partial charge < -0.3 is 10.2 Å². The van der Waals surface area contributed by atoms with Crippen LogP contribution in [0.2, 0.25) is 0 Å². The van der Waals surface area contributed by atoms with E-state index in [-0.39, 0.29) is 24.1 Å². The van der Waals surface area contributed by atoms with E-state index < -0.39 is 0 Å². The average molecular weight is 349 g/mol. The first kappa shape index (κ1) is 17.5. The van der Waals surface area contributed by atoms with Gasteiger partial charge in [0.15, 0.2) is 0 Å². The van der Waals surface area contributed by atoms with Crippen LogP contribution in [0.25, 0.3) is 0 Å². The molecule has 23 heavy (non-hydrogen) atoms. The van der Waals surface area contributed by atoms with Crippen molar-refractivity contribution in [3.05, 3.63) is 46.8 Å². The highest BCUT2D eigenvalue weighted by molar-refractivity contribution is 7.99. The first-order chi connectivity index (χ1) is 11.2. The molecular formula is C16H19N3O2S2. The Labute approximate surface area is 144 Å². The van der Waals surface area contributed by atoms with Gasteiger partial charge in [0.2, 0.25) is 11.8 Å². The van der Waals surface area contributed by atoms with E-state index in [4.69, 9.17) is 0 Å². The van der Waals surface area contributed by atoms with Gasteiger partial charge in [-0.1, -0.05) is 23.9 Å². The molecule has 2 aromatic heterocycles. The Balaban J connectivity index is 1.76. The van der Waals surface area contributed by atoms with Gasteiger partial charge in [0.1, 0.15) is 0 Å². The molecule has 0 bridgehead atoms. The molecule has 0 aliphatic rings. The highest BCUT2D eigenvalue weighted by Crippen LogP contribution is 2.14. The Kier molecular flexibility index (Phi) is 7.09. The van der Waals surface area contributed by atoms with Crippen molar-refractivity contribution < 1.29 is 9.59 Å². The van der Waals surface area contributed by atoms with Crippen LogP contribution in [0.5, 0.6) is 0 Å². The molecule has 1 N–H and O–H groups in total.